The largest absolute Gasteiger partial charge is 0.354 e. The highest BCUT2D eigenvalue weighted by atomic mass is 19.1. The van der Waals surface area contributed by atoms with Crippen LogP contribution in [0.1, 0.15) is 17.2 Å². The second kappa shape index (κ2) is 9.13. The van der Waals surface area contributed by atoms with E-state index in [1.165, 1.54) is 24.3 Å². The molecule has 1 atom stereocenters. The molecule has 2 N–H and O–H groups in total. The van der Waals surface area contributed by atoms with E-state index in [1.807, 2.05) is 20.2 Å². The van der Waals surface area contributed by atoms with E-state index in [1.54, 1.807) is 25.2 Å². The van der Waals surface area contributed by atoms with Gasteiger partial charge in [-0.1, -0.05) is 24.3 Å². The lowest BCUT2D eigenvalue weighted by molar-refractivity contribution is 0.298. The molecular weight excluding hydrogens is 322 g/mol. The van der Waals surface area contributed by atoms with Crippen LogP contribution in [0.25, 0.3) is 0 Å². The van der Waals surface area contributed by atoms with Crippen LogP contribution >= 0.6 is 0 Å². The van der Waals surface area contributed by atoms with Crippen LogP contribution in [0.15, 0.2) is 53.5 Å². The van der Waals surface area contributed by atoms with Crippen molar-refractivity contribution in [2.75, 3.05) is 27.7 Å². The third-order valence-corrected chi connectivity index (χ3v) is 3.91. The lowest BCUT2D eigenvalue weighted by Crippen LogP contribution is -2.41. The fourth-order valence-corrected chi connectivity index (χ4v) is 2.53. The molecule has 0 aromatic heterocycles. The molecule has 0 fully saturated rings. The molecule has 0 bridgehead atoms. The Hall–Kier alpha value is -2.47. The van der Waals surface area contributed by atoms with Gasteiger partial charge in [0, 0.05) is 20.1 Å². The Morgan fingerprint density at radius 2 is 1.76 bits per heavy atom. The van der Waals surface area contributed by atoms with E-state index in [-0.39, 0.29) is 17.7 Å². The molecular formula is C19H24F2N4. The van der Waals surface area contributed by atoms with Gasteiger partial charge in [0.1, 0.15) is 11.6 Å². The first kappa shape index (κ1) is 18.9. The number of nitrogens with one attached hydrogen (secondary N) is 2. The SMILES string of the molecule is CN=C(NCc1cccc(F)c1)NCC(c1ccc(F)cc1)N(C)C. The Labute approximate surface area is 147 Å². The third-order valence-electron chi connectivity index (χ3n) is 3.91. The highest BCUT2D eigenvalue weighted by Gasteiger charge is 2.14. The molecule has 0 amide bonds. The molecule has 2 aromatic carbocycles. The van der Waals surface area contributed by atoms with E-state index < -0.39 is 0 Å². The highest BCUT2D eigenvalue weighted by Crippen LogP contribution is 2.17. The van der Waals surface area contributed by atoms with Crippen LogP contribution < -0.4 is 10.6 Å². The van der Waals surface area contributed by atoms with Crippen molar-refractivity contribution in [3.8, 4) is 0 Å². The van der Waals surface area contributed by atoms with Crippen molar-refractivity contribution in [1.29, 1.82) is 0 Å². The zero-order chi connectivity index (χ0) is 18.2. The average Bonchev–Trinajstić information content (AvgIpc) is 2.59. The monoisotopic (exact) mass is 346 g/mol. The van der Waals surface area contributed by atoms with Crippen LogP contribution in [0.3, 0.4) is 0 Å². The molecule has 0 aliphatic carbocycles. The summed E-state index contributed by atoms with van der Waals surface area (Å²) in [5.74, 6) is 0.117. The molecule has 0 aliphatic rings. The van der Waals surface area contributed by atoms with E-state index in [0.29, 0.717) is 19.0 Å². The van der Waals surface area contributed by atoms with E-state index in [9.17, 15) is 8.78 Å². The topological polar surface area (TPSA) is 39.7 Å². The van der Waals surface area contributed by atoms with Crippen LogP contribution in [0.4, 0.5) is 8.78 Å². The summed E-state index contributed by atoms with van der Waals surface area (Å²) in [7, 11) is 5.63. The molecule has 6 heteroatoms. The Kier molecular flexibility index (Phi) is 6.89. The van der Waals surface area contributed by atoms with Crippen LogP contribution in [0, 0.1) is 11.6 Å². The molecule has 2 rings (SSSR count). The van der Waals surface area contributed by atoms with Gasteiger partial charge in [0.15, 0.2) is 5.96 Å². The second-order valence-electron chi connectivity index (χ2n) is 5.97. The van der Waals surface area contributed by atoms with Gasteiger partial charge < -0.3 is 15.5 Å². The quantitative estimate of drug-likeness (QED) is 0.624. The number of rotatable bonds is 6. The van der Waals surface area contributed by atoms with Crippen LogP contribution in [-0.4, -0.2) is 38.5 Å². The summed E-state index contributed by atoms with van der Waals surface area (Å²) in [6, 6.07) is 13.0. The zero-order valence-corrected chi connectivity index (χ0v) is 14.8. The normalized spacial score (nSPS) is 13.0. The number of benzene rings is 2. The number of hydrogen-bond acceptors (Lipinski definition) is 2. The molecule has 1 unspecified atom stereocenters. The van der Waals surface area contributed by atoms with Gasteiger partial charge in [0.05, 0.1) is 6.04 Å². The minimum absolute atomic E-state index is 0.0633. The number of halogens is 2. The predicted octanol–water partition coefficient (Wildman–Crippen LogP) is 2.93. The first-order valence-corrected chi connectivity index (χ1v) is 8.10. The van der Waals surface area contributed by atoms with Crippen molar-refractivity contribution in [2.24, 2.45) is 4.99 Å². The zero-order valence-electron chi connectivity index (χ0n) is 14.8. The van der Waals surface area contributed by atoms with Crippen molar-refractivity contribution >= 4 is 5.96 Å². The summed E-state index contributed by atoms with van der Waals surface area (Å²) in [4.78, 5) is 6.24. The molecule has 2 aromatic rings. The molecule has 0 radical (unpaired) electrons. The van der Waals surface area contributed by atoms with Gasteiger partial charge in [-0.25, -0.2) is 8.78 Å². The Balaban J connectivity index is 1.94. The molecule has 0 saturated carbocycles. The minimum atomic E-state index is -0.258. The number of guanidine groups is 1. The summed E-state index contributed by atoms with van der Waals surface area (Å²) >= 11 is 0. The maximum absolute atomic E-state index is 13.2. The molecule has 0 aliphatic heterocycles. The number of likely N-dealkylation sites (N-methyl/N-ethyl adjacent to an activating group) is 1. The van der Waals surface area contributed by atoms with Crippen molar-refractivity contribution < 1.29 is 8.78 Å². The second-order valence-corrected chi connectivity index (χ2v) is 5.97. The molecule has 25 heavy (non-hydrogen) atoms. The summed E-state index contributed by atoms with van der Waals surface area (Å²) in [5.41, 5.74) is 1.85. The van der Waals surface area contributed by atoms with Gasteiger partial charge in [0.2, 0.25) is 0 Å². The molecule has 0 spiro atoms. The van der Waals surface area contributed by atoms with Gasteiger partial charge >= 0.3 is 0 Å². The summed E-state index contributed by atoms with van der Waals surface area (Å²) in [5, 5.41) is 6.42. The number of aliphatic imine (C=N–C) groups is 1. The predicted molar refractivity (Wildman–Crippen MR) is 97.4 cm³/mol. The fourth-order valence-electron chi connectivity index (χ4n) is 2.53. The van der Waals surface area contributed by atoms with Crippen molar-refractivity contribution in [3.05, 3.63) is 71.3 Å². The molecule has 134 valence electrons. The first-order chi connectivity index (χ1) is 12.0. The maximum atomic E-state index is 13.2. The van der Waals surface area contributed by atoms with E-state index in [2.05, 4.69) is 20.5 Å². The van der Waals surface area contributed by atoms with Crippen molar-refractivity contribution in [1.82, 2.24) is 15.5 Å². The van der Waals surface area contributed by atoms with Crippen LogP contribution in [0.2, 0.25) is 0 Å². The summed E-state index contributed by atoms with van der Waals surface area (Å²) in [6.45, 7) is 1.07. The lowest BCUT2D eigenvalue weighted by Gasteiger charge is -2.26. The van der Waals surface area contributed by atoms with Gasteiger partial charge in [-0.15, -0.1) is 0 Å². The molecule has 0 saturated heterocycles. The maximum Gasteiger partial charge on any atom is 0.191 e. The summed E-state index contributed by atoms with van der Waals surface area (Å²) in [6.07, 6.45) is 0. The fraction of sp³-hybridized carbons (Fsp3) is 0.316. The van der Waals surface area contributed by atoms with Crippen LogP contribution in [-0.2, 0) is 6.54 Å². The third kappa shape index (κ3) is 5.83. The van der Waals surface area contributed by atoms with Crippen molar-refractivity contribution in [3.63, 3.8) is 0 Å². The first-order valence-electron chi connectivity index (χ1n) is 8.10. The number of hydrogen-bond donors (Lipinski definition) is 2. The number of nitrogens with zero attached hydrogens (tertiary/aromatic N) is 2. The molecule has 0 heterocycles. The highest BCUT2D eigenvalue weighted by molar-refractivity contribution is 5.79. The standard InChI is InChI=1S/C19H24F2N4/c1-22-19(23-12-14-5-4-6-17(21)11-14)24-13-18(25(2)3)15-7-9-16(20)10-8-15/h4-11,18H,12-13H2,1-3H3,(H2,22,23,24). The van der Waals surface area contributed by atoms with Gasteiger partial charge in [0.25, 0.3) is 0 Å². The Morgan fingerprint density at radius 3 is 2.36 bits per heavy atom. The Bertz CT molecular complexity index is 699. The van der Waals surface area contributed by atoms with E-state index in [0.717, 1.165) is 11.1 Å². The van der Waals surface area contributed by atoms with Gasteiger partial charge in [-0.2, -0.15) is 0 Å². The minimum Gasteiger partial charge on any atom is -0.354 e. The van der Waals surface area contributed by atoms with Gasteiger partial charge in [-0.3, -0.25) is 4.99 Å². The Morgan fingerprint density at radius 1 is 1.04 bits per heavy atom. The van der Waals surface area contributed by atoms with Crippen LogP contribution in [0.5, 0.6) is 0 Å². The van der Waals surface area contributed by atoms with Gasteiger partial charge in [-0.05, 0) is 49.5 Å². The lowest BCUT2D eigenvalue weighted by atomic mass is 10.1. The average molecular weight is 346 g/mol. The summed E-state index contributed by atoms with van der Waals surface area (Å²) < 4.78 is 26.4. The smallest absolute Gasteiger partial charge is 0.191 e. The van der Waals surface area contributed by atoms with E-state index >= 15 is 0 Å². The molecule has 4 nitrogen and oxygen atoms in total. The van der Waals surface area contributed by atoms with E-state index in [4.69, 9.17) is 0 Å². The van der Waals surface area contributed by atoms with Crippen molar-refractivity contribution in [2.45, 2.75) is 12.6 Å².